The largest absolute Gasteiger partial charge is 0.390 e. The molecule has 0 bridgehead atoms. The van der Waals surface area contributed by atoms with Crippen LogP contribution in [0.3, 0.4) is 0 Å². The highest BCUT2D eigenvalue weighted by molar-refractivity contribution is 6.31. The van der Waals surface area contributed by atoms with Crippen molar-refractivity contribution in [3.63, 3.8) is 0 Å². The van der Waals surface area contributed by atoms with Gasteiger partial charge in [0.25, 0.3) is 0 Å². The Balaban J connectivity index is 3.00. The predicted molar refractivity (Wildman–Crippen MR) is 56.9 cm³/mol. The Morgan fingerprint density at radius 3 is 2.64 bits per heavy atom. The van der Waals surface area contributed by atoms with Crippen LogP contribution in [0.25, 0.3) is 0 Å². The first kappa shape index (κ1) is 11.4. The maximum absolute atomic E-state index is 8.98. The average molecular weight is 215 g/mol. The maximum atomic E-state index is 8.98. The monoisotopic (exact) mass is 214 g/mol. The van der Waals surface area contributed by atoms with Gasteiger partial charge >= 0.3 is 0 Å². The Bertz CT molecular complexity index is 315. The smallest absolute Gasteiger partial charge is 0.0868 e. The Morgan fingerprint density at radius 1 is 1.50 bits per heavy atom. The summed E-state index contributed by atoms with van der Waals surface area (Å²) in [5.74, 6) is 0.315. The molecule has 0 aliphatic heterocycles. The molecule has 0 saturated carbocycles. The second kappa shape index (κ2) is 4.73. The van der Waals surface area contributed by atoms with Crippen LogP contribution >= 0.6 is 11.6 Å². The summed E-state index contributed by atoms with van der Waals surface area (Å²) >= 11 is 5.82. The van der Waals surface area contributed by atoms with Crippen LogP contribution in [0, 0.1) is 5.92 Å². The van der Waals surface area contributed by atoms with Crippen molar-refractivity contribution >= 4 is 11.6 Å². The molecule has 78 valence electrons. The highest BCUT2D eigenvalue weighted by Gasteiger charge is 2.13. The fourth-order valence-electron chi connectivity index (χ4n) is 1.14. The van der Waals surface area contributed by atoms with Crippen molar-refractivity contribution in [2.45, 2.75) is 26.5 Å². The van der Waals surface area contributed by atoms with Crippen molar-refractivity contribution in [2.24, 2.45) is 11.7 Å². The lowest BCUT2D eigenvalue weighted by molar-refractivity contribution is 0.276. The number of hydrogen-bond donors (Lipinski definition) is 2. The molecule has 4 heteroatoms. The van der Waals surface area contributed by atoms with Crippen LogP contribution in [0.4, 0.5) is 0 Å². The fraction of sp³-hybridized carbons (Fsp3) is 0.500. The molecule has 3 N–H and O–H groups in total. The van der Waals surface area contributed by atoms with Crippen molar-refractivity contribution < 1.29 is 5.11 Å². The third-order valence-corrected chi connectivity index (χ3v) is 2.49. The van der Waals surface area contributed by atoms with Gasteiger partial charge in [0.15, 0.2) is 0 Å². The van der Waals surface area contributed by atoms with Gasteiger partial charge in [0.2, 0.25) is 0 Å². The SMILES string of the molecule is CC(C)[C@H](N)c1ccc(Cl)c(CO)n1. The molecule has 1 atom stereocenters. The molecule has 0 amide bonds. The lowest BCUT2D eigenvalue weighted by Crippen LogP contribution is -2.18. The normalized spacial score (nSPS) is 13.3. The van der Waals surface area contributed by atoms with Crippen LogP contribution < -0.4 is 5.73 Å². The molecular formula is C10H15ClN2O. The number of halogens is 1. The number of pyridine rings is 1. The lowest BCUT2D eigenvalue weighted by Gasteiger charge is -2.15. The van der Waals surface area contributed by atoms with E-state index in [4.69, 9.17) is 22.4 Å². The first-order chi connectivity index (χ1) is 6.56. The summed E-state index contributed by atoms with van der Waals surface area (Å²) in [4.78, 5) is 4.20. The van der Waals surface area contributed by atoms with Gasteiger partial charge in [0.1, 0.15) is 0 Å². The van der Waals surface area contributed by atoms with Gasteiger partial charge in [0.05, 0.1) is 23.0 Å². The van der Waals surface area contributed by atoms with Crippen LogP contribution in [-0.4, -0.2) is 10.1 Å². The van der Waals surface area contributed by atoms with Gasteiger partial charge in [-0.25, -0.2) is 0 Å². The van der Waals surface area contributed by atoms with Crippen molar-refractivity contribution in [1.82, 2.24) is 4.98 Å². The average Bonchev–Trinajstić information content (AvgIpc) is 2.17. The number of hydrogen-bond acceptors (Lipinski definition) is 3. The van der Waals surface area contributed by atoms with E-state index in [0.717, 1.165) is 5.69 Å². The van der Waals surface area contributed by atoms with Gasteiger partial charge in [-0.2, -0.15) is 0 Å². The first-order valence-corrected chi connectivity index (χ1v) is 4.95. The zero-order chi connectivity index (χ0) is 10.7. The molecule has 1 rings (SSSR count). The van der Waals surface area contributed by atoms with E-state index < -0.39 is 0 Å². The summed E-state index contributed by atoms with van der Waals surface area (Å²) in [5.41, 5.74) is 7.18. The summed E-state index contributed by atoms with van der Waals surface area (Å²) in [7, 11) is 0. The van der Waals surface area contributed by atoms with Crippen LogP contribution in [0.2, 0.25) is 5.02 Å². The zero-order valence-electron chi connectivity index (χ0n) is 8.37. The quantitative estimate of drug-likeness (QED) is 0.808. The van der Waals surface area contributed by atoms with Crippen LogP contribution in [0.5, 0.6) is 0 Å². The van der Waals surface area contributed by atoms with Crippen molar-refractivity contribution in [2.75, 3.05) is 0 Å². The van der Waals surface area contributed by atoms with Gasteiger partial charge in [-0.15, -0.1) is 0 Å². The molecule has 0 unspecified atom stereocenters. The topological polar surface area (TPSA) is 59.1 Å². The van der Waals surface area contributed by atoms with Crippen molar-refractivity contribution in [3.05, 3.63) is 28.5 Å². The van der Waals surface area contributed by atoms with Gasteiger partial charge in [-0.3, -0.25) is 4.98 Å². The summed E-state index contributed by atoms with van der Waals surface area (Å²) in [6.07, 6.45) is 0. The second-order valence-corrected chi connectivity index (χ2v) is 4.00. The van der Waals surface area contributed by atoms with E-state index in [2.05, 4.69) is 4.98 Å². The number of aliphatic hydroxyl groups is 1. The highest BCUT2D eigenvalue weighted by Crippen LogP contribution is 2.20. The summed E-state index contributed by atoms with van der Waals surface area (Å²) < 4.78 is 0. The number of aromatic nitrogens is 1. The van der Waals surface area contributed by atoms with Crippen LogP contribution in [0.15, 0.2) is 12.1 Å². The lowest BCUT2D eigenvalue weighted by atomic mass is 10.0. The Morgan fingerprint density at radius 2 is 2.14 bits per heavy atom. The molecule has 0 aliphatic rings. The number of nitrogens with two attached hydrogens (primary N) is 1. The molecule has 1 aromatic heterocycles. The Labute approximate surface area is 88.9 Å². The van der Waals surface area contributed by atoms with Crippen molar-refractivity contribution in [3.8, 4) is 0 Å². The fourth-order valence-corrected chi connectivity index (χ4v) is 1.30. The van der Waals surface area contributed by atoms with E-state index in [1.54, 1.807) is 12.1 Å². The molecule has 14 heavy (non-hydrogen) atoms. The van der Waals surface area contributed by atoms with E-state index in [1.165, 1.54) is 0 Å². The maximum Gasteiger partial charge on any atom is 0.0868 e. The van der Waals surface area contributed by atoms with E-state index in [0.29, 0.717) is 16.6 Å². The Hall–Kier alpha value is -0.640. The number of rotatable bonds is 3. The van der Waals surface area contributed by atoms with E-state index in [-0.39, 0.29) is 12.6 Å². The summed E-state index contributed by atoms with van der Waals surface area (Å²) in [6, 6.07) is 3.40. The van der Waals surface area contributed by atoms with Crippen LogP contribution in [0.1, 0.15) is 31.3 Å². The minimum Gasteiger partial charge on any atom is -0.390 e. The third-order valence-electron chi connectivity index (χ3n) is 2.15. The van der Waals surface area contributed by atoms with E-state index in [9.17, 15) is 0 Å². The molecule has 1 aromatic rings. The molecule has 0 fully saturated rings. The molecule has 0 aromatic carbocycles. The van der Waals surface area contributed by atoms with Gasteiger partial charge < -0.3 is 10.8 Å². The van der Waals surface area contributed by atoms with Crippen molar-refractivity contribution in [1.29, 1.82) is 0 Å². The second-order valence-electron chi connectivity index (χ2n) is 3.59. The molecule has 0 saturated heterocycles. The molecule has 0 radical (unpaired) electrons. The van der Waals surface area contributed by atoms with Gasteiger partial charge in [0, 0.05) is 6.04 Å². The minimum atomic E-state index is -0.155. The van der Waals surface area contributed by atoms with Gasteiger partial charge in [-0.05, 0) is 18.1 Å². The Kier molecular flexibility index (Phi) is 3.86. The highest BCUT2D eigenvalue weighted by atomic mass is 35.5. The first-order valence-electron chi connectivity index (χ1n) is 4.58. The number of nitrogens with zero attached hydrogens (tertiary/aromatic N) is 1. The van der Waals surface area contributed by atoms with E-state index in [1.807, 2.05) is 13.8 Å². The molecule has 0 aliphatic carbocycles. The minimum absolute atomic E-state index is 0.113. The summed E-state index contributed by atoms with van der Waals surface area (Å²) in [5, 5.41) is 9.45. The van der Waals surface area contributed by atoms with Gasteiger partial charge in [-0.1, -0.05) is 25.4 Å². The molecule has 0 spiro atoms. The molecule has 3 nitrogen and oxygen atoms in total. The third kappa shape index (κ3) is 2.44. The number of aliphatic hydroxyl groups excluding tert-OH is 1. The van der Waals surface area contributed by atoms with Crippen LogP contribution in [-0.2, 0) is 6.61 Å². The molecular weight excluding hydrogens is 200 g/mol. The zero-order valence-corrected chi connectivity index (χ0v) is 9.12. The predicted octanol–water partition coefficient (Wildman–Crippen LogP) is 1.88. The summed E-state index contributed by atoms with van der Waals surface area (Å²) in [6.45, 7) is 3.90. The molecule has 1 heterocycles. The van der Waals surface area contributed by atoms with E-state index >= 15 is 0 Å². The standard InChI is InChI=1S/C10H15ClN2O/c1-6(2)10(12)8-4-3-7(11)9(5-14)13-8/h3-4,6,10,14H,5,12H2,1-2H3/t10-/m0/s1.